The number of benzene rings is 1. The maximum absolute atomic E-state index is 12.8. The van der Waals surface area contributed by atoms with Gasteiger partial charge >= 0.3 is 0 Å². The van der Waals surface area contributed by atoms with E-state index >= 15 is 0 Å². The van der Waals surface area contributed by atoms with Crippen LogP contribution in [0.2, 0.25) is 0 Å². The molecular formula is C19H24N4O2. The minimum atomic E-state index is -0.0181. The molecule has 0 bridgehead atoms. The molecule has 132 valence electrons. The van der Waals surface area contributed by atoms with Gasteiger partial charge in [0.15, 0.2) is 0 Å². The van der Waals surface area contributed by atoms with E-state index in [-0.39, 0.29) is 5.91 Å². The number of aromatic nitrogens is 2. The molecule has 3 rings (SSSR count). The van der Waals surface area contributed by atoms with Gasteiger partial charge in [0, 0.05) is 18.8 Å². The Balaban J connectivity index is 1.83. The van der Waals surface area contributed by atoms with Gasteiger partial charge in [-0.05, 0) is 38.0 Å². The van der Waals surface area contributed by atoms with Crippen molar-refractivity contribution in [3.8, 4) is 5.75 Å². The number of para-hydroxylation sites is 2. The predicted molar refractivity (Wildman–Crippen MR) is 97.4 cm³/mol. The first kappa shape index (κ1) is 17.2. The van der Waals surface area contributed by atoms with E-state index < -0.39 is 0 Å². The second kappa shape index (κ2) is 7.96. The van der Waals surface area contributed by atoms with Crippen LogP contribution in [0.4, 0.5) is 11.6 Å². The average molecular weight is 340 g/mol. The van der Waals surface area contributed by atoms with Gasteiger partial charge in [0.2, 0.25) is 5.95 Å². The number of carbonyl (C=O) groups is 1. The molecule has 0 aliphatic carbocycles. The molecular weight excluding hydrogens is 316 g/mol. The number of methoxy groups -OCH3 is 1. The summed E-state index contributed by atoms with van der Waals surface area (Å²) in [6.45, 7) is 3.47. The second-order valence-electron chi connectivity index (χ2n) is 6.25. The van der Waals surface area contributed by atoms with Crippen molar-refractivity contribution in [3.05, 3.63) is 41.7 Å². The van der Waals surface area contributed by atoms with E-state index in [0.29, 0.717) is 17.4 Å². The number of hydrogen-bond acceptors (Lipinski definition) is 5. The Kier molecular flexibility index (Phi) is 5.48. The third-order valence-corrected chi connectivity index (χ3v) is 4.32. The zero-order chi connectivity index (χ0) is 17.6. The fourth-order valence-corrected chi connectivity index (χ4v) is 3.04. The second-order valence-corrected chi connectivity index (χ2v) is 6.25. The first-order chi connectivity index (χ1) is 12.2. The maximum atomic E-state index is 12.8. The van der Waals surface area contributed by atoms with Crippen LogP contribution in [0.1, 0.15) is 41.9 Å². The summed E-state index contributed by atoms with van der Waals surface area (Å²) in [7, 11) is 1.62. The molecule has 1 N–H and O–H groups in total. The number of aryl methyl sites for hydroxylation is 1. The molecule has 0 unspecified atom stereocenters. The summed E-state index contributed by atoms with van der Waals surface area (Å²) < 4.78 is 5.34. The molecule has 6 heteroatoms. The Labute approximate surface area is 148 Å². The summed E-state index contributed by atoms with van der Waals surface area (Å²) in [4.78, 5) is 23.6. The molecule has 1 aliphatic heterocycles. The molecule has 25 heavy (non-hydrogen) atoms. The standard InChI is InChI=1S/C19H24N4O2/c1-14-13-16(18(24)23-11-7-3-4-8-12-23)22-19(20-14)21-15-9-5-6-10-17(15)25-2/h5-6,9-10,13H,3-4,7-8,11-12H2,1-2H3,(H,20,21,22). The zero-order valence-corrected chi connectivity index (χ0v) is 14.8. The van der Waals surface area contributed by atoms with Crippen LogP contribution in [-0.2, 0) is 0 Å². The van der Waals surface area contributed by atoms with Crippen LogP contribution < -0.4 is 10.1 Å². The highest BCUT2D eigenvalue weighted by Crippen LogP contribution is 2.26. The molecule has 1 fully saturated rings. The summed E-state index contributed by atoms with van der Waals surface area (Å²) in [5, 5.41) is 3.16. The van der Waals surface area contributed by atoms with Crippen molar-refractivity contribution < 1.29 is 9.53 Å². The average Bonchev–Trinajstić information content (AvgIpc) is 2.90. The summed E-state index contributed by atoms with van der Waals surface area (Å²) in [5.74, 6) is 1.09. The number of anilines is 2. The third-order valence-electron chi connectivity index (χ3n) is 4.32. The van der Waals surface area contributed by atoms with Crippen molar-refractivity contribution in [1.82, 2.24) is 14.9 Å². The van der Waals surface area contributed by atoms with Gasteiger partial charge in [-0.15, -0.1) is 0 Å². The molecule has 1 saturated heterocycles. The number of hydrogen-bond donors (Lipinski definition) is 1. The topological polar surface area (TPSA) is 67.3 Å². The number of carbonyl (C=O) groups excluding carboxylic acids is 1. The lowest BCUT2D eigenvalue weighted by Crippen LogP contribution is -2.32. The van der Waals surface area contributed by atoms with Gasteiger partial charge in [-0.2, -0.15) is 0 Å². The molecule has 2 heterocycles. The lowest BCUT2D eigenvalue weighted by molar-refractivity contribution is 0.0755. The van der Waals surface area contributed by atoms with Crippen molar-refractivity contribution in [1.29, 1.82) is 0 Å². The van der Waals surface area contributed by atoms with Gasteiger partial charge in [0.05, 0.1) is 12.8 Å². The molecule has 1 aliphatic rings. The first-order valence-electron chi connectivity index (χ1n) is 8.72. The first-order valence-corrected chi connectivity index (χ1v) is 8.72. The minimum absolute atomic E-state index is 0.0181. The third kappa shape index (κ3) is 4.26. The highest BCUT2D eigenvalue weighted by Gasteiger charge is 2.20. The van der Waals surface area contributed by atoms with Crippen molar-refractivity contribution >= 4 is 17.5 Å². The number of amides is 1. The highest BCUT2D eigenvalue weighted by molar-refractivity contribution is 5.92. The van der Waals surface area contributed by atoms with Gasteiger partial charge in [0.25, 0.3) is 5.91 Å². The molecule has 0 saturated carbocycles. The van der Waals surface area contributed by atoms with Crippen LogP contribution >= 0.6 is 0 Å². The number of rotatable bonds is 4. The summed E-state index contributed by atoms with van der Waals surface area (Å²) in [5.41, 5.74) is 1.96. The Morgan fingerprint density at radius 2 is 1.84 bits per heavy atom. The smallest absolute Gasteiger partial charge is 0.272 e. The van der Waals surface area contributed by atoms with E-state index in [0.717, 1.165) is 37.3 Å². The van der Waals surface area contributed by atoms with Crippen LogP contribution in [-0.4, -0.2) is 41.0 Å². The summed E-state index contributed by atoms with van der Waals surface area (Å²) in [6, 6.07) is 9.31. The molecule has 6 nitrogen and oxygen atoms in total. The Morgan fingerprint density at radius 1 is 1.12 bits per heavy atom. The van der Waals surface area contributed by atoms with Crippen molar-refractivity contribution in [3.63, 3.8) is 0 Å². The molecule has 0 radical (unpaired) electrons. The number of ether oxygens (including phenoxy) is 1. The van der Waals surface area contributed by atoms with Crippen molar-refractivity contribution in [2.45, 2.75) is 32.6 Å². The van der Waals surface area contributed by atoms with Gasteiger partial charge in [-0.25, -0.2) is 9.97 Å². The SMILES string of the molecule is COc1ccccc1Nc1nc(C)cc(C(=O)N2CCCCCC2)n1. The lowest BCUT2D eigenvalue weighted by Gasteiger charge is -2.20. The monoisotopic (exact) mass is 340 g/mol. The van der Waals surface area contributed by atoms with E-state index in [1.165, 1.54) is 12.8 Å². The van der Waals surface area contributed by atoms with Crippen LogP contribution in [0.3, 0.4) is 0 Å². The van der Waals surface area contributed by atoms with Gasteiger partial charge in [0.1, 0.15) is 11.4 Å². The lowest BCUT2D eigenvalue weighted by atomic mass is 10.2. The zero-order valence-electron chi connectivity index (χ0n) is 14.8. The van der Waals surface area contributed by atoms with Gasteiger partial charge in [-0.1, -0.05) is 25.0 Å². The molecule has 1 aromatic heterocycles. The predicted octanol–water partition coefficient (Wildman–Crippen LogP) is 3.55. The van der Waals surface area contributed by atoms with Crippen LogP contribution in [0, 0.1) is 6.92 Å². The number of nitrogens with one attached hydrogen (secondary N) is 1. The fourth-order valence-electron chi connectivity index (χ4n) is 3.04. The molecule has 1 aromatic carbocycles. The Bertz CT molecular complexity index is 740. The Hall–Kier alpha value is -2.63. The van der Waals surface area contributed by atoms with E-state index in [2.05, 4.69) is 15.3 Å². The van der Waals surface area contributed by atoms with E-state index in [4.69, 9.17) is 4.74 Å². The number of nitrogens with zero attached hydrogens (tertiary/aromatic N) is 3. The normalized spacial score (nSPS) is 14.7. The molecule has 2 aromatic rings. The van der Waals surface area contributed by atoms with Gasteiger partial charge in [-0.3, -0.25) is 4.79 Å². The molecule has 1 amide bonds. The van der Waals surface area contributed by atoms with E-state index in [9.17, 15) is 4.79 Å². The molecule has 0 atom stereocenters. The quantitative estimate of drug-likeness (QED) is 0.922. The van der Waals surface area contributed by atoms with Crippen LogP contribution in [0.25, 0.3) is 0 Å². The maximum Gasteiger partial charge on any atom is 0.272 e. The van der Waals surface area contributed by atoms with Crippen LogP contribution in [0.5, 0.6) is 5.75 Å². The molecule has 0 spiro atoms. The largest absolute Gasteiger partial charge is 0.495 e. The number of likely N-dealkylation sites (tertiary alicyclic amines) is 1. The summed E-state index contributed by atoms with van der Waals surface area (Å²) >= 11 is 0. The minimum Gasteiger partial charge on any atom is -0.495 e. The van der Waals surface area contributed by atoms with Crippen molar-refractivity contribution in [2.24, 2.45) is 0 Å². The van der Waals surface area contributed by atoms with E-state index in [1.807, 2.05) is 36.1 Å². The highest BCUT2D eigenvalue weighted by atomic mass is 16.5. The van der Waals surface area contributed by atoms with Crippen molar-refractivity contribution in [2.75, 3.05) is 25.5 Å². The van der Waals surface area contributed by atoms with Gasteiger partial charge < -0.3 is 15.0 Å². The summed E-state index contributed by atoms with van der Waals surface area (Å²) in [6.07, 6.45) is 4.49. The Morgan fingerprint density at radius 3 is 2.56 bits per heavy atom. The fraction of sp³-hybridized carbons (Fsp3) is 0.421. The van der Waals surface area contributed by atoms with E-state index in [1.54, 1.807) is 13.2 Å². The van der Waals surface area contributed by atoms with Crippen LogP contribution in [0.15, 0.2) is 30.3 Å².